The molecule has 2 aromatic rings. The fourth-order valence-corrected chi connectivity index (χ4v) is 2.74. The normalized spacial score (nSPS) is 12.2. The molecule has 0 amide bonds. The van der Waals surface area contributed by atoms with E-state index in [0.717, 1.165) is 18.5 Å². The third-order valence-corrected chi connectivity index (χ3v) is 3.99. The van der Waals surface area contributed by atoms with Crippen LogP contribution in [0, 0.1) is 5.82 Å². The molecule has 1 N–H and O–H groups in total. The second kappa shape index (κ2) is 7.57. The van der Waals surface area contributed by atoms with E-state index >= 15 is 0 Å². The van der Waals surface area contributed by atoms with Crippen LogP contribution in [-0.4, -0.2) is 13.7 Å². The number of rotatable bonds is 6. The smallest absolute Gasteiger partial charge is 0.141 e. The fourth-order valence-electron chi connectivity index (χ4n) is 2.38. The monoisotopic (exact) mass is 351 g/mol. The van der Waals surface area contributed by atoms with Gasteiger partial charge in [-0.2, -0.15) is 0 Å². The van der Waals surface area contributed by atoms with Crippen LogP contribution < -0.4 is 10.1 Å². The molecule has 0 saturated carbocycles. The summed E-state index contributed by atoms with van der Waals surface area (Å²) >= 11 is 3.26. The molecule has 21 heavy (non-hydrogen) atoms. The van der Waals surface area contributed by atoms with Crippen molar-refractivity contribution < 1.29 is 9.13 Å². The van der Waals surface area contributed by atoms with Gasteiger partial charge in [0.05, 0.1) is 11.6 Å². The molecule has 0 radical (unpaired) electrons. The molecule has 0 aliphatic heterocycles. The second-order valence-corrected chi connectivity index (χ2v) is 5.66. The number of nitrogens with one attached hydrogen (secondary N) is 1. The standard InChI is InChI=1S/C17H19BrFNO/c1-3-20-16(9-12-7-5-4-6-8-12)13-10-14(18)15(19)11-17(13)21-2/h4-8,10-11,16,20H,3,9H2,1-2H3. The first-order chi connectivity index (χ1) is 10.2. The molecule has 0 aromatic heterocycles. The third kappa shape index (κ3) is 4.05. The van der Waals surface area contributed by atoms with Gasteiger partial charge in [-0.15, -0.1) is 0 Å². The number of hydrogen-bond acceptors (Lipinski definition) is 2. The SMILES string of the molecule is CCNC(Cc1ccccc1)c1cc(Br)c(F)cc1OC. The van der Waals surface area contributed by atoms with Gasteiger partial charge in [-0.3, -0.25) is 0 Å². The van der Waals surface area contributed by atoms with Gasteiger partial charge in [0.15, 0.2) is 0 Å². The predicted octanol–water partition coefficient (Wildman–Crippen LogP) is 4.49. The van der Waals surface area contributed by atoms with Crippen molar-refractivity contribution in [3.63, 3.8) is 0 Å². The molecule has 0 spiro atoms. The van der Waals surface area contributed by atoms with E-state index in [1.807, 2.05) is 18.2 Å². The van der Waals surface area contributed by atoms with Gasteiger partial charge < -0.3 is 10.1 Å². The number of halogens is 2. The Kier molecular flexibility index (Phi) is 5.76. The van der Waals surface area contributed by atoms with Gasteiger partial charge >= 0.3 is 0 Å². The summed E-state index contributed by atoms with van der Waals surface area (Å²) in [6.07, 6.45) is 0.823. The topological polar surface area (TPSA) is 21.3 Å². The lowest BCUT2D eigenvalue weighted by Gasteiger charge is -2.21. The molecule has 2 aromatic carbocycles. The van der Waals surface area contributed by atoms with Gasteiger partial charge in [-0.1, -0.05) is 37.3 Å². The van der Waals surface area contributed by atoms with E-state index in [4.69, 9.17) is 4.74 Å². The second-order valence-electron chi connectivity index (χ2n) is 4.81. The van der Waals surface area contributed by atoms with Crippen molar-refractivity contribution in [3.8, 4) is 5.75 Å². The maximum atomic E-state index is 13.7. The van der Waals surface area contributed by atoms with E-state index in [2.05, 4.69) is 40.3 Å². The Hall–Kier alpha value is -1.39. The molecular weight excluding hydrogens is 333 g/mol. The van der Waals surface area contributed by atoms with Crippen molar-refractivity contribution in [2.75, 3.05) is 13.7 Å². The van der Waals surface area contributed by atoms with Crippen molar-refractivity contribution in [2.24, 2.45) is 0 Å². The highest BCUT2D eigenvalue weighted by Crippen LogP contribution is 2.32. The molecule has 4 heteroatoms. The molecule has 1 unspecified atom stereocenters. The Bertz CT molecular complexity index is 589. The van der Waals surface area contributed by atoms with Crippen LogP contribution in [0.5, 0.6) is 5.75 Å². The average Bonchev–Trinajstić information content (AvgIpc) is 2.50. The summed E-state index contributed by atoms with van der Waals surface area (Å²) in [5.74, 6) is 0.253. The lowest BCUT2D eigenvalue weighted by atomic mass is 9.98. The van der Waals surface area contributed by atoms with Gasteiger partial charge in [0, 0.05) is 17.7 Å². The van der Waals surface area contributed by atoms with E-state index in [9.17, 15) is 4.39 Å². The number of methoxy groups -OCH3 is 1. The molecule has 112 valence electrons. The molecule has 2 rings (SSSR count). The molecular formula is C17H19BrFNO. The van der Waals surface area contributed by atoms with Crippen LogP contribution >= 0.6 is 15.9 Å². The quantitative estimate of drug-likeness (QED) is 0.827. The van der Waals surface area contributed by atoms with Crippen molar-refractivity contribution in [3.05, 3.63) is 63.9 Å². The molecule has 2 nitrogen and oxygen atoms in total. The highest BCUT2D eigenvalue weighted by Gasteiger charge is 2.18. The third-order valence-electron chi connectivity index (χ3n) is 3.38. The molecule has 0 heterocycles. The maximum absolute atomic E-state index is 13.7. The minimum atomic E-state index is -0.314. The zero-order valence-corrected chi connectivity index (χ0v) is 13.8. The predicted molar refractivity (Wildman–Crippen MR) is 87.2 cm³/mol. The van der Waals surface area contributed by atoms with Crippen LogP contribution in [0.25, 0.3) is 0 Å². The number of ether oxygens (including phenoxy) is 1. The van der Waals surface area contributed by atoms with E-state index in [1.165, 1.54) is 11.6 Å². The van der Waals surface area contributed by atoms with Crippen molar-refractivity contribution >= 4 is 15.9 Å². The zero-order chi connectivity index (χ0) is 15.2. The van der Waals surface area contributed by atoms with E-state index in [-0.39, 0.29) is 11.9 Å². The number of likely N-dealkylation sites (N-methyl/N-ethyl adjacent to an activating group) is 1. The summed E-state index contributed by atoms with van der Waals surface area (Å²) in [6.45, 7) is 2.89. The molecule has 0 fully saturated rings. The number of benzene rings is 2. The van der Waals surface area contributed by atoms with Crippen molar-refractivity contribution in [1.29, 1.82) is 0 Å². The van der Waals surface area contributed by atoms with Crippen LogP contribution in [0.1, 0.15) is 24.1 Å². The Morgan fingerprint density at radius 3 is 2.57 bits per heavy atom. The summed E-state index contributed by atoms with van der Waals surface area (Å²) in [5, 5.41) is 3.45. The summed E-state index contributed by atoms with van der Waals surface area (Å²) < 4.78 is 19.5. The van der Waals surface area contributed by atoms with Gasteiger partial charge in [-0.05, 0) is 40.5 Å². The zero-order valence-electron chi connectivity index (χ0n) is 12.2. The highest BCUT2D eigenvalue weighted by atomic mass is 79.9. The van der Waals surface area contributed by atoms with Crippen LogP contribution in [0.3, 0.4) is 0 Å². The average molecular weight is 352 g/mol. The first-order valence-electron chi connectivity index (χ1n) is 6.96. The van der Waals surface area contributed by atoms with E-state index in [0.29, 0.717) is 10.2 Å². The van der Waals surface area contributed by atoms with Gasteiger partial charge in [0.2, 0.25) is 0 Å². The minimum absolute atomic E-state index is 0.0734. The molecule has 0 aliphatic rings. The Labute approximate surface area is 133 Å². The largest absolute Gasteiger partial charge is 0.496 e. The van der Waals surface area contributed by atoms with Crippen LogP contribution in [-0.2, 0) is 6.42 Å². The Morgan fingerprint density at radius 2 is 1.95 bits per heavy atom. The molecule has 0 saturated heterocycles. The maximum Gasteiger partial charge on any atom is 0.141 e. The lowest BCUT2D eigenvalue weighted by Crippen LogP contribution is -2.23. The summed E-state index contributed by atoms with van der Waals surface area (Å²) in [6, 6.07) is 13.5. The van der Waals surface area contributed by atoms with Gasteiger partial charge in [0.1, 0.15) is 11.6 Å². The van der Waals surface area contributed by atoms with Crippen LogP contribution in [0.4, 0.5) is 4.39 Å². The lowest BCUT2D eigenvalue weighted by molar-refractivity contribution is 0.395. The summed E-state index contributed by atoms with van der Waals surface area (Å²) in [5.41, 5.74) is 2.18. The Morgan fingerprint density at radius 1 is 1.24 bits per heavy atom. The van der Waals surface area contributed by atoms with Crippen LogP contribution in [0.2, 0.25) is 0 Å². The molecule has 1 atom stereocenters. The molecule has 0 aliphatic carbocycles. The van der Waals surface area contributed by atoms with Crippen molar-refractivity contribution in [2.45, 2.75) is 19.4 Å². The van der Waals surface area contributed by atoms with Gasteiger partial charge in [0.25, 0.3) is 0 Å². The van der Waals surface area contributed by atoms with Crippen LogP contribution in [0.15, 0.2) is 46.9 Å². The van der Waals surface area contributed by atoms with Gasteiger partial charge in [-0.25, -0.2) is 4.39 Å². The summed E-state index contributed by atoms with van der Waals surface area (Å²) in [4.78, 5) is 0. The molecule has 0 bridgehead atoms. The first kappa shape index (κ1) is 16.0. The van der Waals surface area contributed by atoms with E-state index in [1.54, 1.807) is 13.2 Å². The number of hydrogen-bond donors (Lipinski definition) is 1. The Balaban J connectivity index is 2.35. The van der Waals surface area contributed by atoms with Crippen molar-refractivity contribution in [1.82, 2.24) is 5.32 Å². The van der Waals surface area contributed by atoms with E-state index < -0.39 is 0 Å². The highest BCUT2D eigenvalue weighted by molar-refractivity contribution is 9.10. The fraction of sp³-hybridized carbons (Fsp3) is 0.294. The summed E-state index contributed by atoms with van der Waals surface area (Å²) in [7, 11) is 1.57. The minimum Gasteiger partial charge on any atom is -0.496 e. The first-order valence-corrected chi connectivity index (χ1v) is 7.75.